The second kappa shape index (κ2) is 5.63. The lowest BCUT2D eigenvalue weighted by Gasteiger charge is -2.16. The highest BCUT2D eigenvalue weighted by Crippen LogP contribution is 2.10. The summed E-state index contributed by atoms with van der Waals surface area (Å²) >= 11 is 0. The van der Waals surface area contributed by atoms with Crippen LogP contribution in [0.4, 0.5) is 0 Å². The van der Waals surface area contributed by atoms with Crippen molar-refractivity contribution in [3.05, 3.63) is 0 Å². The third kappa shape index (κ3) is 3.51. The zero-order valence-corrected chi connectivity index (χ0v) is 8.48. The smallest absolute Gasteiger partial charge is 0.0964 e. The Bertz CT molecular complexity index is 166. The zero-order valence-electron chi connectivity index (χ0n) is 8.48. The van der Waals surface area contributed by atoms with Crippen LogP contribution in [0.3, 0.4) is 0 Å². The van der Waals surface area contributed by atoms with Crippen molar-refractivity contribution in [1.29, 1.82) is 0 Å². The predicted octanol–water partition coefficient (Wildman–Crippen LogP) is -1.96. The molecule has 4 atom stereocenters. The van der Waals surface area contributed by atoms with Crippen LogP contribution in [0.2, 0.25) is 0 Å². The van der Waals surface area contributed by atoms with Crippen LogP contribution in [0.25, 0.3) is 0 Å². The molecule has 0 aliphatic carbocycles. The Kier molecular flexibility index (Phi) is 4.77. The molecule has 5 heteroatoms. The van der Waals surface area contributed by atoms with E-state index in [1.165, 1.54) is 0 Å². The van der Waals surface area contributed by atoms with Gasteiger partial charge in [-0.05, 0) is 19.9 Å². The van der Waals surface area contributed by atoms with Gasteiger partial charge in [0.1, 0.15) is 0 Å². The van der Waals surface area contributed by atoms with E-state index in [-0.39, 0.29) is 12.1 Å². The summed E-state index contributed by atoms with van der Waals surface area (Å²) in [4.78, 5) is 0. The number of rotatable bonds is 5. The molecule has 1 aliphatic heterocycles. The number of aliphatic hydroxyl groups is 3. The van der Waals surface area contributed by atoms with Gasteiger partial charge >= 0.3 is 0 Å². The van der Waals surface area contributed by atoms with Crippen LogP contribution in [-0.2, 0) is 0 Å². The Morgan fingerprint density at radius 2 is 2.21 bits per heavy atom. The minimum atomic E-state index is -0.664. The van der Waals surface area contributed by atoms with Gasteiger partial charge in [0.05, 0.1) is 18.3 Å². The molecular formula is C9H20N2O3. The second-order valence-corrected chi connectivity index (χ2v) is 3.91. The third-order valence-electron chi connectivity index (χ3n) is 2.47. The maximum absolute atomic E-state index is 9.48. The van der Waals surface area contributed by atoms with E-state index in [4.69, 9.17) is 5.11 Å². The van der Waals surface area contributed by atoms with Crippen LogP contribution < -0.4 is 10.6 Å². The molecule has 1 heterocycles. The SMILES string of the molecule is CC(O)CNCC[C@@H]1NC[C@H](O)[C@@H]1O. The van der Waals surface area contributed by atoms with Crippen molar-refractivity contribution < 1.29 is 15.3 Å². The number of aliphatic hydroxyl groups excluding tert-OH is 3. The summed E-state index contributed by atoms with van der Waals surface area (Å²) in [6, 6.07) is -0.0356. The fourth-order valence-corrected chi connectivity index (χ4v) is 1.62. The zero-order chi connectivity index (χ0) is 10.6. The largest absolute Gasteiger partial charge is 0.392 e. The molecule has 0 radical (unpaired) electrons. The number of β-amino-alcohol motifs (C(OH)–C–C–N with tert-alkyl or cyclic N) is 1. The van der Waals surface area contributed by atoms with Crippen LogP contribution in [0.1, 0.15) is 13.3 Å². The summed E-state index contributed by atoms with van der Waals surface area (Å²) in [7, 11) is 0. The van der Waals surface area contributed by atoms with E-state index in [0.717, 1.165) is 13.0 Å². The quantitative estimate of drug-likeness (QED) is 0.336. The average Bonchev–Trinajstić information content (AvgIpc) is 2.43. The van der Waals surface area contributed by atoms with Crippen molar-refractivity contribution in [2.75, 3.05) is 19.6 Å². The molecule has 1 rings (SSSR count). The molecule has 1 saturated heterocycles. The van der Waals surface area contributed by atoms with Gasteiger partial charge in [0, 0.05) is 19.1 Å². The van der Waals surface area contributed by atoms with Crippen LogP contribution in [0.5, 0.6) is 0 Å². The lowest BCUT2D eigenvalue weighted by Crippen LogP contribution is -2.36. The first-order valence-electron chi connectivity index (χ1n) is 5.09. The Balaban J connectivity index is 2.07. The molecule has 0 aromatic carbocycles. The molecule has 14 heavy (non-hydrogen) atoms. The molecule has 0 aromatic rings. The minimum Gasteiger partial charge on any atom is -0.392 e. The Hall–Kier alpha value is -0.200. The normalized spacial score (nSPS) is 34.7. The van der Waals surface area contributed by atoms with Crippen molar-refractivity contribution in [2.24, 2.45) is 0 Å². The highest BCUT2D eigenvalue weighted by molar-refractivity contribution is 4.90. The molecule has 0 amide bonds. The van der Waals surface area contributed by atoms with Crippen LogP contribution in [0, 0.1) is 0 Å². The standard InChI is InChI=1S/C9H20N2O3/c1-6(12)4-10-3-2-7-9(14)8(13)5-11-7/h6-14H,2-5H2,1H3/t6?,7-,8-,9+/m0/s1. The van der Waals surface area contributed by atoms with Crippen LogP contribution >= 0.6 is 0 Å². The molecule has 0 aromatic heterocycles. The van der Waals surface area contributed by atoms with Crippen molar-refractivity contribution in [3.63, 3.8) is 0 Å². The Morgan fingerprint density at radius 3 is 2.71 bits per heavy atom. The van der Waals surface area contributed by atoms with Gasteiger partial charge in [-0.3, -0.25) is 0 Å². The van der Waals surface area contributed by atoms with E-state index < -0.39 is 12.2 Å². The Morgan fingerprint density at radius 1 is 1.50 bits per heavy atom. The van der Waals surface area contributed by atoms with E-state index in [2.05, 4.69) is 10.6 Å². The van der Waals surface area contributed by atoms with Gasteiger partial charge in [-0.25, -0.2) is 0 Å². The molecule has 1 unspecified atom stereocenters. The topological polar surface area (TPSA) is 84.8 Å². The van der Waals surface area contributed by atoms with E-state index in [0.29, 0.717) is 13.1 Å². The lowest BCUT2D eigenvalue weighted by atomic mass is 10.1. The molecular weight excluding hydrogens is 184 g/mol. The third-order valence-corrected chi connectivity index (χ3v) is 2.47. The second-order valence-electron chi connectivity index (χ2n) is 3.91. The first kappa shape index (κ1) is 11.9. The van der Waals surface area contributed by atoms with Gasteiger partial charge in [-0.1, -0.05) is 0 Å². The van der Waals surface area contributed by atoms with Crippen LogP contribution in [0.15, 0.2) is 0 Å². The summed E-state index contributed by atoms with van der Waals surface area (Å²) in [5, 5.41) is 33.8. The maximum Gasteiger partial charge on any atom is 0.0964 e. The molecule has 1 fully saturated rings. The molecule has 0 saturated carbocycles. The molecule has 0 bridgehead atoms. The summed E-state index contributed by atoms with van der Waals surface area (Å²) in [5.74, 6) is 0. The molecule has 84 valence electrons. The number of nitrogens with one attached hydrogen (secondary N) is 2. The number of hydrogen-bond donors (Lipinski definition) is 5. The monoisotopic (exact) mass is 204 g/mol. The van der Waals surface area contributed by atoms with Gasteiger partial charge in [0.2, 0.25) is 0 Å². The summed E-state index contributed by atoms with van der Waals surface area (Å²) in [6.07, 6.45) is -0.896. The fraction of sp³-hybridized carbons (Fsp3) is 1.00. The van der Waals surface area contributed by atoms with Crippen molar-refractivity contribution >= 4 is 0 Å². The molecule has 1 aliphatic rings. The minimum absolute atomic E-state index is 0.0356. The van der Waals surface area contributed by atoms with Gasteiger partial charge in [-0.2, -0.15) is 0 Å². The van der Waals surface area contributed by atoms with Gasteiger partial charge in [0.15, 0.2) is 0 Å². The van der Waals surface area contributed by atoms with E-state index in [1.807, 2.05) is 0 Å². The molecule has 0 spiro atoms. The Labute approximate surface area is 84.1 Å². The van der Waals surface area contributed by atoms with Crippen LogP contribution in [-0.4, -0.2) is 59.3 Å². The predicted molar refractivity (Wildman–Crippen MR) is 53.0 cm³/mol. The lowest BCUT2D eigenvalue weighted by molar-refractivity contribution is 0.0392. The van der Waals surface area contributed by atoms with Gasteiger partial charge in [-0.15, -0.1) is 0 Å². The average molecular weight is 204 g/mol. The molecule has 5 nitrogen and oxygen atoms in total. The van der Waals surface area contributed by atoms with E-state index in [1.54, 1.807) is 6.92 Å². The van der Waals surface area contributed by atoms with Crippen molar-refractivity contribution in [1.82, 2.24) is 10.6 Å². The first-order chi connectivity index (χ1) is 6.61. The highest BCUT2D eigenvalue weighted by atomic mass is 16.3. The highest BCUT2D eigenvalue weighted by Gasteiger charge is 2.32. The summed E-state index contributed by atoms with van der Waals surface area (Å²) in [6.45, 7) is 3.47. The number of hydrogen-bond acceptors (Lipinski definition) is 5. The molecule has 5 N–H and O–H groups in total. The fourth-order valence-electron chi connectivity index (χ4n) is 1.62. The van der Waals surface area contributed by atoms with Crippen molar-refractivity contribution in [3.8, 4) is 0 Å². The summed E-state index contributed by atoms with van der Waals surface area (Å²) in [5.41, 5.74) is 0. The first-order valence-corrected chi connectivity index (χ1v) is 5.09. The summed E-state index contributed by atoms with van der Waals surface area (Å²) < 4.78 is 0. The van der Waals surface area contributed by atoms with E-state index >= 15 is 0 Å². The van der Waals surface area contributed by atoms with Gasteiger partial charge < -0.3 is 26.0 Å². The van der Waals surface area contributed by atoms with E-state index in [9.17, 15) is 10.2 Å². The van der Waals surface area contributed by atoms with Crippen molar-refractivity contribution in [2.45, 2.75) is 37.7 Å². The van der Waals surface area contributed by atoms with Gasteiger partial charge in [0.25, 0.3) is 0 Å². The maximum atomic E-state index is 9.48.